The van der Waals surface area contributed by atoms with Crippen LogP contribution in [-0.4, -0.2) is 29.2 Å². The fraction of sp³-hybridized carbons (Fsp3) is 0.625. The zero-order valence-corrected chi connectivity index (χ0v) is 11.8. The van der Waals surface area contributed by atoms with Gasteiger partial charge in [0.25, 0.3) is 0 Å². The van der Waals surface area contributed by atoms with E-state index in [2.05, 4.69) is 35.2 Å². The summed E-state index contributed by atoms with van der Waals surface area (Å²) in [6.07, 6.45) is 4.78. The first kappa shape index (κ1) is 15.2. The fourth-order valence-electron chi connectivity index (χ4n) is 2.56. The van der Waals surface area contributed by atoms with Crippen molar-refractivity contribution >= 4 is 0 Å². The van der Waals surface area contributed by atoms with Crippen LogP contribution in [-0.2, 0) is 6.54 Å². The normalized spacial score (nSPS) is 20.1. The molecule has 1 N–H and O–H groups in total. The van der Waals surface area contributed by atoms with Crippen LogP contribution in [0.3, 0.4) is 0 Å². The first-order valence-electron chi connectivity index (χ1n) is 7.29. The van der Waals surface area contributed by atoms with Gasteiger partial charge < -0.3 is 5.11 Å². The van der Waals surface area contributed by atoms with Crippen molar-refractivity contribution in [2.24, 2.45) is 0 Å². The number of piperidine rings is 1. The summed E-state index contributed by atoms with van der Waals surface area (Å²) in [6.45, 7) is 6.53. The Balaban J connectivity index is 0.000000771. The number of likely N-dealkylation sites (tertiary alicyclic amines) is 1. The second-order valence-corrected chi connectivity index (χ2v) is 4.62. The number of hydrogen-bond acceptors (Lipinski definition) is 2. The minimum atomic E-state index is 0.315. The second kappa shape index (κ2) is 9.12. The Morgan fingerprint density at radius 2 is 1.89 bits per heavy atom. The van der Waals surface area contributed by atoms with E-state index in [1.807, 2.05) is 13.8 Å². The number of rotatable bonds is 4. The third-order valence-corrected chi connectivity index (χ3v) is 3.44. The maximum absolute atomic E-state index is 9.08. The Morgan fingerprint density at radius 1 is 1.17 bits per heavy atom. The van der Waals surface area contributed by atoms with Crippen LogP contribution >= 0.6 is 0 Å². The van der Waals surface area contributed by atoms with Crippen molar-refractivity contribution in [3.8, 4) is 0 Å². The van der Waals surface area contributed by atoms with Crippen molar-refractivity contribution < 1.29 is 5.11 Å². The van der Waals surface area contributed by atoms with Crippen LogP contribution < -0.4 is 0 Å². The summed E-state index contributed by atoms with van der Waals surface area (Å²) in [5.41, 5.74) is 1.38. The van der Waals surface area contributed by atoms with Gasteiger partial charge >= 0.3 is 0 Å². The van der Waals surface area contributed by atoms with Crippen molar-refractivity contribution in [3.05, 3.63) is 35.9 Å². The molecule has 0 spiro atoms. The van der Waals surface area contributed by atoms with Gasteiger partial charge in [0.05, 0.1) is 0 Å². The lowest BCUT2D eigenvalue weighted by atomic mass is 9.99. The summed E-state index contributed by atoms with van der Waals surface area (Å²) in [7, 11) is 0. The molecule has 2 heteroatoms. The molecule has 2 nitrogen and oxygen atoms in total. The number of benzene rings is 1. The molecular formula is C16H27NO. The molecule has 1 fully saturated rings. The fourth-order valence-corrected chi connectivity index (χ4v) is 2.56. The van der Waals surface area contributed by atoms with E-state index in [0.29, 0.717) is 12.6 Å². The van der Waals surface area contributed by atoms with E-state index in [1.165, 1.54) is 31.4 Å². The third kappa shape index (κ3) is 4.79. The summed E-state index contributed by atoms with van der Waals surface area (Å²) in [6, 6.07) is 11.2. The average molecular weight is 249 g/mol. The zero-order chi connectivity index (χ0) is 13.2. The largest absolute Gasteiger partial charge is 0.396 e. The van der Waals surface area contributed by atoms with E-state index in [4.69, 9.17) is 5.11 Å². The highest BCUT2D eigenvalue weighted by atomic mass is 16.3. The topological polar surface area (TPSA) is 23.5 Å². The van der Waals surface area contributed by atoms with E-state index in [1.54, 1.807) is 0 Å². The van der Waals surface area contributed by atoms with E-state index in [0.717, 1.165) is 13.0 Å². The number of nitrogens with zero attached hydrogens (tertiary/aromatic N) is 1. The number of hydrogen-bond donors (Lipinski definition) is 1. The van der Waals surface area contributed by atoms with Crippen LogP contribution in [0.2, 0.25) is 0 Å². The molecular weight excluding hydrogens is 222 g/mol. The standard InChI is InChI=1S/C14H21NO.C2H6/c16-11-9-14-8-4-5-10-15(14)12-13-6-2-1-3-7-13;1-2/h1-3,6-7,14,16H,4-5,8-12H2;1-2H3. The van der Waals surface area contributed by atoms with Crippen LogP contribution in [0.4, 0.5) is 0 Å². The van der Waals surface area contributed by atoms with Gasteiger partial charge in [-0.05, 0) is 31.4 Å². The van der Waals surface area contributed by atoms with Gasteiger partial charge in [0.15, 0.2) is 0 Å². The first-order valence-corrected chi connectivity index (χ1v) is 7.29. The van der Waals surface area contributed by atoms with E-state index >= 15 is 0 Å². The molecule has 0 radical (unpaired) electrons. The van der Waals surface area contributed by atoms with Crippen molar-refractivity contribution in [2.45, 2.75) is 52.1 Å². The molecule has 0 amide bonds. The lowest BCUT2D eigenvalue weighted by Crippen LogP contribution is -2.39. The molecule has 1 heterocycles. The van der Waals surface area contributed by atoms with Gasteiger partial charge in [0.2, 0.25) is 0 Å². The van der Waals surface area contributed by atoms with Crippen molar-refractivity contribution in [1.82, 2.24) is 4.90 Å². The Morgan fingerprint density at radius 3 is 2.56 bits per heavy atom. The Bertz CT molecular complexity index is 297. The molecule has 18 heavy (non-hydrogen) atoms. The predicted octanol–water partition coefficient (Wildman–Crippen LogP) is 3.45. The van der Waals surface area contributed by atoms with Crippen molar-refractivity contribution in [3.63, 3.8) is 0 Å². The van der Waals surface area contributed by atoms with Gasteiger partial charge in [0, 0.05) is 19.2 Å². The smallest absolute Gasteiger partial charge is 0.0445 e. The highest BCUT2D eigenvalue weighted by molar-refractivity contribution is 5.14. The minimum Gasteiger partial charge on any atom is -0.396 e. The van der Waals surface area contributed by atoms with Crippen LogP contribution in [0.1, 0.15) is 45.1 Å². The quantitative estimate of drug-likeness (QED) is 0.883. The van der Waals surface area contributed by atoms with Crippen LogP contribution in [0.25, 0.3) is 0 Å². The summed E-state index contributed by atoms with van der Waals surface area (Å²) in [5.74, 6) is 0. The van der Waals surface area contributed by atoms with Gasteiger partial charge in [0.1, 0.15) is 0 Å². The van der Waals surface area contributed by atoms with Crippen molar-refractivity contribution in [2.75, 3.05) is 13.2 Å². The molecule has 102 valence electrons. The van der Waals surface area contributed by atoms with Crippen LogP contribution in [0.15, 0.2) is 30.3 Å². The zero-order valence-electron chi connectivity index (χ0n) is 11.8. The van der Waals surface area contributed by atoms with Crippen LogP contribution in [0, 0.1) is 0 Å². The monoisotopic (exact) mass is 249 g/mol. The molecule has 1 atom stereocenters. The number of aliphatic hydroxyl groups is 1. The summed E-state index contributed by atoms with van der Waals surface area (Å²) >= 11 is 0. The lowest BCUT2D eigenvalue weighted by molar-refractivity contribution is 0.112. The molecule has 0 aromatic heterocycles. The molecule has 0 saturated carbocycles. The molecule has 2 rings (SSSR count). The Hall–Kier alpha value is -0.860. The van der Waals surface area contributed by atoms with E-state index < -0.39 is 0 Å². The average Bonchev–Trinajstić information content (AvgIpc) is 2.45. The van der Waals surface area contributed by atoms with Crippen molar-refractivity contribution in [1.29, 1.82) is 0 Å². The molecule has 1 saturated heterocycles. The summed E-state index contributed by atoms with van der Waals surface area (Å²) in [5, 5.41) is 9.08. The SMILES string of the molecule is CC.OCCC1CCCCN1Cc1ccccc1. The second-order valence-electron chi connectivity index (χ2n) is 4.62. The molecule has 1 unspecified atom stereocenters. The lowest BCUT2D eigenvalue weighted by Gasteiger charge is -2.35. The Kier molecular flexibility index (Phi) is 7.70. The highest BCUT2D eigenvalue weighted by Crippen LogP contribution is 2.21. The maximum atomic E-state index is 9.08. The molecule has 1 aromatic carbocycles. The molecule has 1 aliphatic heterocycles. The first-order chi connectivity index (χ1) is 8.90. The van der Waals surface area contributed by atoms with Gasteiger partial charge in [-0.25, -0.2) is 0 Å². The van der Waals surface area contributed by atoms with Gasteiger partial charge in [-0.15, -0.1) is 0 Å². The highest BCUT2D eigenvalue weighted by Gasteiger charge is 2.21. The van der Waals surface area contributed by atoms with E-state index in [9.17, 15) is 0 Å². The van der Waals surface area contributed by atoms with Gasteiger partial charge in [-0.2, -0.15) is 0 Å². The summed E-state index contributed by atoms with van der Waals surface area (Å²) in [4.78, 5) is 2.52. The molecule has 0 aliphatic carbocycles. The predicted molar refractivity (Wildman–Crippen MR) is 77.5 cm³/mol. The molecule has 0 bridgehead atoms. The Labute approximate surface area is 112 Å². The van der Waals surface area contributed by atoms with Gasteiger partial charge in [-0.3, -0.25) is 4.90 Å². The van der Waals surface area contributed by atoms with Gasteiger partial charge in [-0.1, -0.05) is 50.6 Å². The minimum absolute atomic E-state index is 0.315. The summed E-state index contributed by atoms with van der Waals surface area (Å²) < 4.78 is 0. The number of aliphatic hydroxyl groups excluding tert-OH is 1. The molecule has 1 aromatic rings. The van der Waals surface area contributed by atoms with Crippen LogP contribution in [0.5, 0.6) is 0 Å². The van der Waals surface area contributed by atoms with E-state index in [-0.39, 0.29) is 0 Å². The molecule has 1 aliphatic rings. The maximum Gasteiger partial charge on any atom is 0.0445 e. The third-order valence-electron chi connectivity index (χ3n) is 3.44.